The zero-order valence-corrected chi connectivity index (χ0v) is 18.4. The van der Waals surface area contributed by atoms with Gasteiger partial charge >= 0.3 is 5.91 Å². The van der Waals surface area contributed by atoms with Gasteiger partial charge in [0.05, 0.1) is 11.1 Å². The van der Waals surface area contributed by atoms with Gasteiger partial charge in [0.15, 0.2) is 5.76 Å². The number of non-ortho nitro benzene ring substituents is 1. The maximum absolute atomic E-state index is 12.3. The Labute approximate surface area is 199 Å². The summed E-state index contributed by atoms with van der Waals surface area (Å²) in [6, 6.07) is 27.3. The Balaban J connectivity index is 1.17. The molecule has 0 aliphatic heterocycles. The molecular formula is C27H19N3O5. The van der Waals surface area contributed by atoms with Gasteiger partial charge in [-0.25, -0.2) is 5.43 Å². The van der Waals surface area contributed by atoms with Gasteiger partial charge in [0.2, 0.25) is 0 Å². The van der Waals surface area contributed by atoms with Crippen LogP contribution in [-0.4, -0.2) is 17.0 Å². The Morgan fingerprint density at radius 2 is 1.74 bits per heavy atom. The maximum atomic E-state index is 12.3. The van der Waals surface area contributed by atoms with Gasteiger partial charge in [-0.1, -0.05) is 36.4 Å². The largest absolute Gasteiger partial charge is 0.489 e. The van der Waals surface area contributed by atoms with Crippen molar-refractivity contribution in [3.8, 4) is 5.75 Å². The molecule has 0 spiro atoms. The van der Waals surface area contributed by atoms with Crippen molar-refractivity contribution in [2.75, 3.05) is 0 Å². The van der Waals surface area contributed by atoms with Crippen molar-refractivity contribution >= 4 is 39.6 Å². The van der Waals surface area contributed by atoms with Gasteiger partial charge in [0.25, 0.3) is 5.69 Å². The number of ether oxygens (including phenoxy) is 1. The van der Waals surface area contributed by atoms with Crippen LogP contribution in [-0.2, 0) is 6.61 Å². The molecule has 0 unspecified atom stereocenters. The predicted octanol–water partition coefficient (Wildman–Crippen LogP) is 5.84. The minimum Gasteiger partial charge on any atom is -0.489 e. The first-order chi connectivity index (χ1) is 17.0. The number of rotatable bonds is 7. The van der Waals surface area contributed by atoms with Crippen LogP contribution in [0.25, 0.3) is 21.7 Å². The molecule has 0 saturated heterocycles. The first-order valence-corrected chi connectivity index (χ1v) is 10.8. The Hall–Kier alpha value is -4.98. The van der Waals surface area contributed by atoms with Crippen LogP contribution in [0, 0.1) is 10.1 Å². The van der Waals surface area contributed by atoms with Crippen molar-refractivity contribution in [1.82, 2.24) is 5.43 Å². The Morgan fingerprint density at radius 3 is 2.54 bits per heavy atom. The first kappa shape index (κ1) is 21.8. The van der Waals surface area contributed by atoms with Crippen molar-refractivity contribution in [2.24, 2.45) is 5.10 Å². The van der Waals surface area contributed by atoms with Crippen molar-refractivity contribution in [2.45, 2.75) is 6.61 Å². The fourth-order valence-electron chi connectivity index (χ4n) is 3.62. The van der Waals surface area contributed by atoms with E-state index in [0.717, 1.165) is 16.9 Å². The number of nitrogens with zero attached hydrogens (tertiary/aromatic N) is 2. The molecule has 5 aromatic rings. The minimum atomic E-state index is -0.560. The van der Waals surface area contributed by atoms with Crippen LogP contribution < -0.4 is 10.2 Å². The summed E-state index contributed by atoms with van der Waals surface area (Å²) in [6.45, 7) is 0.453. The number of benzene rings is 4. The van der Waals surface area contributed by atoms with Crippen LogP contribution in [0.1, 0.15) is 21.7 Å². The van der Waals surface area contributed by atoms with E-state index in [1.165, 1.54) is 41.3 Å². The topological polar surface area (TPSA) is 107 Å². The number of nitro benzene ring substituents is 1. The minimum absolute atomic E-state index is 0.00934. The molecular weight excluding hydrogens is 446 g/mol. The number of carbonyl (C=O) groups is 1. The van der Waals surface area contributed by atoms with E-state index in [0.29, 0.717) is 17.6 Å². The van der Waals surface area contributed by atoms with Gasteiger partial charge in [-0.15, -0.1) is 0 Å². The van der Waals surface area contributed by atoms with E-state index in [2.05, 4.69) is 40.9 Å². The second-order valence-electron chi connectivity index (χ2n) is 7.83. The smallest absolute Gasteiger partial charge is 0.307 e. The highest BCUT2D eigenvalue weighted by molar-refractivity contribution is 5.97. The molecule has 0 fully saturated rings. The van der Waals surface area contributed by atoms with E-state index in [1.54, 1.807) is 0 Å². The predicted molar refractivity (Wildman–Crippen MR) is 133 cm³/mol. The summed E-state index contributed by atoms with van der Waals surface area (Å²) in [6.07, 6.45) is 1.50. The van der Waals surface area contributed by atoms with Gasteiger partial charge < -0.3 is 9.15 Å². The third kappa shape index (κ3) is 5.01. The number of hydrogen-bond donors (Lipinski definition) is 1. The van der Waals surface area contributed by atoms with Crippen molar-refractivity contribution < 1.29 is 18.9 Å². The quantitative estimate of drug-likeness (QED) is 0.185. The molecule has 1 heterocycles. The average Bonchev–Trinajstić information content (AvgIpc) is 3.32. The van der Waals surface area contributed by atoms with Crippen molar-refractivity contribution in [3.05, 3.63) is 118 Å². The summed E-state index contributed by atoms with van der Waals surface area (Å²) < 4.78 is 11.3. The van der Waals surface area contributed by atoms with Crippen LogP contribution in [0.4, 0.5) is 5.69 Å². The number of furan rings is 1. The van der Waals surface area contributed by atoms with E-state index in [-0.39, 0.29) is 11.4 Å². The lowest BCUT2D eigenvalue weighted by atomic mass is 10.1. The third-order valence-corrected chi connectivity index (χ3v) is 5.41. The lowest BCUT2D eigenvalue weighted by Crippen LogP contribution is -2.16. The van der Waals surface area contributed by atoms with Crippen LogP contribution in [0.5, 0.6) is 5.75 Å². The zero-order valence-electron chi connectivity index (χ0n) is 18.4. The molecule has 0 aliphatic rings. The fraction of sp³-hybridized carbons (Fsp3) is 0.0370. The summed E-state index contributed by atoms with van der Waals surface area (Å²) in [5, 5.41) is 17.7. The van der Waals surface area contributed by atoms with Gasteiger partial charge in [-0.05, 0) is 64.4 Å². The molecule has 1 N–H and O–H groups in total. The number of fused-ring (bicyclic) bond motifs is 2. The Morgan fingerprint density at radius 1 is 0.943 bits per heavy atom. The molecule has 1 aromatic heterocycles. The van der Waals surface area contributed by atoms with E-state index < -0.39 is 10.8 Å². The summed E-state index contributed by atoms with van der Waals surface area (Å²) >= 11 is 0. The van der Waals surface area contributed by atoms with Gasteiger partial charge in [-0.3, -0.25) is 14.9 Å². The lowest BCUT2D eigenvalue weighted by molar-refractivity contribution is -0.384. The Bertz CT molecular complexity index is 1570. The normalized spacial score (nSPS) is 11.2. The Kier molecular flexibility index (Phi) is 5.92. The van der Waals surface area contributed by atoms with Crippen molar-refractivity contribution in [3.63, 3.8) is 0 Å². The molecule has 0 saturated carbocycles. The molecule has 1 amide bonds. The van der Waals surface area contributed by atoms with Crippen LogP contribution in [0.15, 0.2) is 101 Å². The monoisotopic (exact) mass is 465 g/mol. The number of nitro groups is 1. The number of hydrazone groups is 1. The molecule has 0 radical (unpaired) electrons. The highest BCUT2D eigenvalue weighted by Crippen LogP contribution is 2.24. The highest BCUT2D eigenvalue weighted by Gasteiger charge is 2.14. The molecule has 8 nitrogen and oxygen atoms in total. The van der Waals surface area contributed by atoms with Crippen LogP contribution >= 0.6 is 0 Å². The number of hydrogen-bond acceptors (Lipinski definition) is 6. The average molecular weight is 465 g/mol. The molecule has 8 heteroatoms. The first-order valence-electron chi connectivity index (χ1n) is 10.8. The number of carbonyl (C=O) groups excluding carboxylic acids is 1. The standard InChI is InChI=1S/C27H19N3O5/c31-27(26-15-22-14-23(30(32)33)9-12-25(22)35-26)29-28-16-18-6-10-24(11-7-18)34-17-19-5-8-20-3-1-2-4-21(20)13-19/h1-16H,17H2,(H,29,31)/b28-16-. The SMILES string of the molecule is O=C(N/N=C\c1ccc(OCc2ccc3ccccc3c2)cc1)c1cc2cc([N+](=O)[O-])ccc2o1. The second-order valence-corrected chi connectivity index (χ2v) is 7.83. The molecule has 4 aromatic carbocycles. The van der Waals surface area contributed by atoms with E-state index in [1.807, 2.05) is 36.4 Å². The second kappa shape index (κ2) is 9.48. The molecule has 0 atom stereocenters. The molecule has 0 bridgehead atoms. The van der Waals surface area contributed by atoms with Gasteiger partial charge in [0, 0.05) is 17.5 Å². The maximum Gasteiger partial charge on any atom is 0.307 e. The molecule has 5 rings (SSSR count). The summed E-state index contributed by atoms with van der Waals surface area (Å²) in [5.74, 6) is 0.168. The molecule has 35 heavy (non-hydrogen) atoms. The summed E-state index contributed by atoms with van der Waals surface area (Å²) in [5.41, 5.74) is 4.54. The fourth-order valence-corrected chi connectivity index (χ4v) is 3.62. The van der Waals surface area contributed by atoms with Crippen LogP contribution in [0.2, 0.25) is 0 Å². The molecule has 0 aliphatic carbocycles. The number of nitrogens with one attached hydrogen (secondary N) is 1. The van der Waals surface area contributed by atoms with Crippen molar-refractivity contribution in [1.29, 1.82) is 0 Å². The third-order valence-electron chi connectivity index (χ3n) is 5.41. The van der Waals surface area contributed by atoms with Gasteiger partial charge in [-0.2, -0.15) is 5.10 Å². The lowest BCUT2D eigenvalue weighted by Gasteiger charge is -2.07. The van der Waals surface area contributed by atoms with E-state index >= 15 is 0 Å². The van der Waals surface area contributed by atoms with Gasteiger partial charge in [0.1, 0.15) is 17.9 Å². The highest BCUT2D eigenvalue weighted by atomic mass is 16.6. The summed E-state index contributed by atoms with van der Waals surface area (Å²) in [4.78, 5) is 22.7. The number of amides is 1. The zero-order chi connectivity index (χ0) is 24.2. The van der Waals surface area contributed by atoms with Crippen LogP contribution in [0.3, 0.4) is 0 Å². The molecule has 172 valence electrons. The van der Waals surface area contributed by atoms with E-state index in [4.69, 9.17) is 9.15 Å². The van der Waals surface area contributed by atoms with E-state index in [9.17, 15) is 14.9 Å². The summed E-state index contributed by atoms with van der Waals surface area (Å²) in [7, 11) is 0.